The van der Waals surface area contributed by atoms with Crippen LogP contribution in [0.3, 0.4) is 0 Å². The molecule has 10 nitrogen and oxygen atoms in total. The molecule has 0 spiro atoms. The molecule has 0 radical (unpaired) electrons. The van der Waals surface area contributed by atoms with E-state index in [1.165, 1.54) is 0 Å². The molecule has 1 aromatic rings. The van der Waals surface area contributed by atoms with Crippen LogP contribution in [0.25, 0.3) is 0 Å². The fraction of sp³-hybridized carbons (Fsp3) is 0.609. The van der Waals surface area contributed by atoms with Gasteiger partial charge in [-0.3, -0.25) is 29.1 Å². The lowest BCUT2D eigenvalue weighted by Gasteiger charge is -2.34. The number of benzene rings is 1. The lowest BCUT2D eigenvalue weighted by molar-refractivity contribution is -0.141. The normalized spacial score (nSPS) is 12.3. The molecule has 0 aliphatic heterocycles. The molecule has 0 saturated carbocycles. The molecule has 0 saturated heterocycles. The summed E-state index contributed by atoms with van der Waals surface area (Å²) in [7, 11) is 0. The molecule has 1 rings (SSSR count). The van der Waals surface area contributed by atoms with Gasteiger partial charge < -0.3 is 20.1 Å². The number of hydrogen-bond acceptors (Lipinski definition) is 7. The highest BCUT2D eigenvalue weighted by Crippen LogP contribution is 2.16. The van der Waals surface area contributed by atoms with Crippen LogP contribution in [0.2, 0.25) is 0 Å². The zero-order valence-electron chi connectivity index (χ0n) is 19.8. The Morgan fingerprint density at radius 1 is 0.818 bits per heavy atom. The van der Waals surface area contributed by atoms with Crippen LogP contribution in [-0.2, 0) is 20.8 Å². The minimum Gasteiger partial charge on any atom is -0.494 e. The maximum absolute atomic E-state index is 11.5. The molecule has 3 N–H and O–H groups in total. The maximum Gasteiger partial charge on any atom is 0.317 e. The summed E-state index contributed by atoms with van der Waals surface area (Å²) in [6, 6.07) is 7.35. The fourth-order valence-corrected chi connectivity index (χ4v) is 3.69. The molecule has 33 heavy (non-hydrogen) atoms. The van der Waals surface area contributed by atoms with Gasteiger partial charge in [0.1, 0.15) is 5.75 Å². The van der Waals surface area contributed by atoms with E-state index in [0.29, 0.717) is 45.8 Å². The summed E-state index contributed by atoms with van der Waals surface area (Å²) in [5.41, 5.74) is 0.989. The Balaban J connectivity index is 3.03. The smallest absolute Gasteiger partial charge is 0.317 e. The van der Waals surface area contributed by atoms with E-state index < -0.39 is 17.9 Å². The van der Waals surface area contributed by atoms with Crippen molar-refractivity contribution in [3.63, 3.8) is 0 Å². The molecule has 1 atom stereocenters. The van der Waals surface area contributed by atoms with E-state index in [1.807, 2.05) is 49.9 Å². The molecule has 1 unspecified atom stereocenters. The van der Waals surface area contributed by atoms with E-state index in [1.54, 1.807) is 9.80 Å². The molecule has 0 aliphatic carbocycles. The second kappa shape index (κ2) is 15.2. The quantitative estimate of drug-likeness (QED) is 0.289. The van der Waals surface area contributed by atoms with Crippen molar-refractivity contribution < 1.29 is 34.4 Å². The Hall–Kier alpha value is -2.69. The molecule has 1 aromatic carbocycles. The molecule has 10 heteroatoms. The van der Waals surface area contributed by atoms with Crippen LogP contribution in [0.1, 0.15) is 26.3 Å². The molecule has 0 heterocycles. The number of carbonyl (C=O) groups is 3. The van der Waals surface area contributed by atoms with E-state index in [2.05, 4.69) is 0 Å². The predicted octanol–water partition coefficient (Wildman–Crippen LogP) is 1.20. The first-order chi connectivity index (χ1) is 15.7. The largest absolute Gasteiger partial charge is 0.494 e. The average Bonchev–Trinajstić information content (AvgIpc) is 2.75. The van der Waals surface area contributed by atoms with Crippen molar-refractivity contribution >= 4 is 17.9 Å². The van der Waals surface area contributed by atoms with Crippen molar-refractivity contribution in [3.05, 3.63) is 29.8 Å². The molecular weight excluding hydrogens is 430 g/mol. The number of ether oxygens (including phenoxy) is 1. The zero-order chi connectivity index (χ0) is 24.8. The van der Waals surface area contributed by atoms with E-state index in [0.717, 1.165) is 11.3 Å². The molecule has 0 aliphatic rings. The number of aliphatic carboxylic acids is 3. The van der Waals surface area contributed by atoms with Crippen molar-refractivity contribution in [3.8, 4) is 5.75 Å². The summed E-state index contributed by atoms with van der Waals surface area (Å²) in [5.74, 6) is -2.12. The minimum atomic E-state index is -0.989. The Labute approximate surface area is 195 Å². The lowest BCUT2D eigenvalue weighted by Crippen LogP contribution is -2.49. The molecule has 0 fully saturated rings. The second-order valence-corrected chi connectivity index (χ2v) is 7.78. The van der Waals surface area contributed by atoms with Gasteiger partial charge in [-0.25, -0.2) is 0 Å². The van der Waals surface area contributed by atoms with Gasteiger partial charge in [0.25, 0.3) is 0 Å². The maximum atomic E-state index is 11.5. The molecular formula is C23H37N3O7. The molecule has 0 amide bonds. The Morgan fingerprint density at radius 3 is 1.85 bits per heavy atom. The van der Waals surface area contributed by atoms with Crippen LogP contribution in [-0.4, -0.2) is 113 Å². The van der Waals surface area contributed by atoms with Crippen molar-refractivity contribution in [2.24, 2.45) is 0 Å². The van der Waals surface area contributed by atoms with Gasteiger partial charge in [-0.05, 0) is 44.1 Å². The van der Waals surface area contributed by atoms with Gasteiger partial charge >= 0.3 is 17.9 Å². The summed E-state index contributed by atoms with van der Waals surface area (Å²) in [5, 5.41) is 27.8. The first-order valence-electron chi connectivity index (χ1n) is 11.2. The topological polar surface area (TPSA) is 131 Å². The van der Waals surface area contributed by atoms with E-state index in [4.69, 9.17) is 9.84 Å². The van der Waals surface area contributed by atoms with E-state index in [9.17, 15) is 24.6 Å². The minimum absolute atomic E-state index is 0.118. The van der Waals surface area contributed by atoms with Gasteiger partial charge in [-0.2, -0.15) is 0 Å². The van der Waals surface area contributed by atoms with Crippen LogP contribution in [0.15, 0.2) is 24.3 Å². The van der Waals surface area contributed by atoms with Crippen molar-refractivity contribution in [2.75, 3.05) is 59.0 Å². The third kappa shape index (κ3) is 11.7. The number of likely N-dealkylation sites (N-methyl/N-ethyl adjacent to an activating group) is 2. The van der Waals surface area contributed by atoms with E-state index in [-0.39, 0.29) is 25.7 Å². The Bertz CT molecular complexity index is 742. The van der Waals surface area contributed by atoms with Crippen LogP contribution < -0.4 is 4.74 Å². The standard InChI is InChI=1S/C23H37N3O7/c1-4-24(15-21(27)28)11-12-25(16-22(29)30)14-19(26(5-2)17-23(31)32)13-18-7-9-20(10-8-18)33-6-3/h7-10,19H,4-6,11-17H2,1-3H3,(H,27,28)(H,29,30)(H,31,32). The highest BCUT2D eigenvalue weighted by atomic mass is 16.5. The summed E-state index contributed by atoms with van der Waals surface area (Å²) in [6.45, 7) is 7.83. The van der Waals surface area contributed by atoms with Crippen LogP contribution >= 0.6 is 0 Å². The van der Waals surface area contributed by atoms with Gasteiger partial charge in [0.05, 0.1) is 26.2 Å². The fourth-order valence-electron chi connectivity index (χ4n) is 3.69. The number of nitrogens with zero attached hydrogens (tertiary/aromatic N) is 3. The summed E-state index contributed by atoms with van der Waals surface area (Å²) in [6.07, 6.45) is 0.538. The third-order valence-electron chi connectivity index (χ3n) is 5.33. The van der Waals surface area contributed by atoms with E-state index >= 15 is 0 Å². The first kappa shape index (κ1) is 28.3. The van der Waals surface area contributed by atoms with Crippen molar-refractivity contribution in [2.45, 2.75) is 33.2 Å². The number of carboxylic acid groups (broad SMARTS) is 3. The molecule has 0 aromatic heterocycles. The number of rotatable bonds is 18. The number of carboxylic acids is 3. The van der Waals surface area contributed by atoms with Crippen molar-refractivity contribution in [1.82, 2.24) is 14.7 Å². The average molecular weight is 468 g/mol. The SMILES string of the molecule is CCOc1ccc(CC(CN(CCN(CC)CC(=O)O)CC(=O)O)N(CC)CC(=O)O)cc1. The van der Waals surface area contributed by atoms with Gasteiger partial charge in [-0.15, -0.1) is 0 Å². The second-order valence-electron chi connectivity index (χ2n) is 7.78. The Morgan fingerprint density at radius 2 is 1.36 bits per heavy atom. The van der Waals surface area contributed by atoms with Crippen LogP contribution in [0.4, 0.5) is 0 Å². The first-order valence-corrected chi connectivity index (χ1v) is 11.2. The van der Waals surface area contributed by atoms with Crippen LogP contribution in [0, 0.1) is 0 Å². The van der Waals surface area contributed by atoms with Crippen LogP contribution in [0.5, 0.6) is 5.75 Å². The zero-order valence-corrected chi connectivity index (χ0v) is 19.8. The summed E-state index contributed by atoms with van der Waals surface area (Å²) < 4.78 is 5.48. The predicted molar refractivity (Wildman–Crippen MR) is 124 cm³/mol. The van der Waals surface area contributed by atoms with Crippen molar-refractivity contribution in [1.29, 1.82) is 0 Å². The molecule has 186 valence electrons. The summed E-state index contributed by atoms with van der Waals surface area (Å²) >= 11 is 0. The van der Waals surface area contributed by atoms with Gasteiger partial charge in [-0.1, -0.05) is 26.0 Å². The summed E-state index contributed by atoms with van der Waals surface area (Å²) in [4.78, 5) is 39.3. The van der Waals surface area contributed by atoms with Gasteiger partial charge in [0.2, 0.25) is 0 Å². The Kier molecular flexibility index (Phi) is 13.1. The number of hydrogen-bond donors (Lipinski definition) is 3. The third-order valence-corrected chi connectivity index (χ3v) is 5.33. The highest BCUT2D eigenvalue weighted by molar-refractivity contribution is 5.70. The lowest BCUT2D eigenvalue weighted by atomic mass is 10.0. The highest BCUT2D eigenvalue weighted by Gasteiger charge is 2.24. The van der Waals surface area contributed by atoms with Gasteiger partial charge in [0.15, 0.2) is 0 Å². The van der Waals surface area contributed by atoms with Gasteiger partial charge in [0, 0.05) is 25.7 Å². The molecule has 0 bridgehead atoms. The monoisotopic (exact) mass is 467 g/mol.